The van der Waals surface area contributed by atoms with Gasteiger partial charge in [0.25, 0.3) is 5.91 Å². The average Bonchev–Trinajstić information content (AvgIpc) is 3.72. The maximum atomic E-state index is 13.4. The molecular formula is C35H42N4O7. The molecule has 4 atom stereocenters. The third kappa shape index (κ3) is 8.48. The monoisotopic (exact) mass is 630 g/mol. The second kappa shape index (κ2) is 16.5. The Morgan fingerprint density at radius 3 is 2.43 bits per heavy atom. The van der Waals surface area contributed by atoms with Crippen LogP contribution in [0.3, 0.4) is 0 Å². The van der Waals surface area contributed by atoms with Crippen LogP contribution in [-0.4, -0.2) is 61.5 Å². The van der Waals surface area contributed by atoms with Crippen LogP contribution in [-0.2, 0) is 19.2 Å². The molecule has 244 valence electrons. The number of methoxy groups -OCH3 is 1. The Hall–Kier alpha value is -4.77. The minimum atomic E-state index is -0.794. The summed E-state index contributed by atoms with van der Waals surface area (Å²) in [5.74, 6) is 7.60. The molecule has 2 heterocycles. The Morgan fingerprint density at radius 2 is 1.78 bits per heavy atom. The molecule has 4 N–H and O–H groups in total. The molecule has 11 heteroatoms. The van der Waals surface area contributed by atoms with Crippen LogP contribution < -0.4 is 26.0 Å². The molecule has 1 saturated carbocycles. The normalized spacial score (nSPS) is 18.2. The third-order valence-corrected chi connectivity index (χ3v) is 8.88. The highest BCUT2D eigenvalue weighted by molar-refractivity contribution is 5.97. The zero-order valence-electron chi connectivity index (χ0n) is 26.6. The molecule has 2 aliphatic rings. The first-order chi connectivity index (χ1) is 22.3. The first-order valence-electron chi connectivity index (χ1n) is 15.9. The molecule has 0 spiro atoms. The Kier molecular flexibility index (Phi) is 12.2. The van der Waals surface area contributed by atoms with E-state index in [1.54, 1.807) is 30.2 Å². The van der Waals surface area contributed by atoms with E-state index in [0.717, 1.165) is 32.1 Å². The summed E-state index contributed by atoms with van der Waals surface area (Å²) in [6.45, 7) is 4.33. The number of amides is 1. The van der Waals surface area contributed by atoms with Gasteiger partial charge in [-0.2, -0.15) is 0 Å². The van der Waals surface area contributed by atoms with E-state index in [-0.39, 0.29) is 34.9 Å². The topological polar surface area (TPSA) is 156 Å². The number of hydrogen-bond acceptors (Lipinski definition) is 10. The van der Waals surface area contributed by atoms with E-state index < -0.39 is 24.0 Å². The second-order valence-electron chi connectivity index (χ2n) is 12.4. The molecule has 4 rings (SSSR count). The van der Waals surface area contributed by atoms with Crippen LogP contribution in [0.4, 0.5) is 0 Å². The molecule has 3 unspecified atom stereocenters. The summed E-state index contributed by atoms with van der Waals surface area (Å²) in [7, 11) is 1.52. The lowest BCUT2D eigenvalue weighted by atomic mass is 9.84. The number of carbonyl (C=O) groups is 1. The van der Waals surface area contributed by atoms with Crippen molar-refractivity contribution in [1.29, 1.82) is 0 Å². The predicted molar refractivity (Wildman–Crippen MR) is 173 cm³/mol. The smallest absolute Gasteiger partial charge is 0.287 e. The fourth-order valence-corrected chi connectivity index (χ4v) is 6.45. The average molecular weight is 631 g/mol. The summed E-state index contributed by atoms with van der Waals surface area (Å²) < 4.78 is 11.2. The highest BCUT2D eigenvalue weighted by Crippen LogP contribution is 2.31. The Balaban J connectivity index is 1.58. The van der Waals surface area contributed by atoms with Crippen molar-refractivity contribution in [1.82, 2.24) is 21.3 Å². The van der Waals surface area contributed by atoms with Gasteiger partial charge in [-0.15, -0.1) is 0 Å². The number of para-hydroxylation sites is 1. The van der Waals surface area contributed by atoms with Crippen molar-refractivity contribution in [2.75, 3.05) is 13.7 Å². The molecule has 1 saturated heterocycles. The number of benzene rings is 1. The Bertz CT molecular complexity index is 1580. The maximum Gasteiger partial charge on any atom is 0.287 e. The minimum Gasteiger partial charge on any atom is -0.493 e. The van der Waals surface area contributed by atoms with Crippen molar-refractivity contribution in [3.8, 4) is 5.75 Å². The number of nitrogens with one attached hydrogen (secondary N) is 4. The molecule has 2 fully saturated rings. The summed E-state index contributed by atoms with van der Waals surface area (Å²) in [5.41, 5.74) is 1.07. The van der Waals surface area contributed by atoms with Crippen molar-refractivity contribution >= 4 is 40.6 Å². The van der Waals surface area contributed by atoms with Crippen LogP contribution in [0.2, 0.25) is 0 Å². The van der Waals surface area contributed by atoms with Gasteiger partial charge in [0.2, 0.25) is 0 Å². The van der Waals surface area contributed by atoms with Crippen molar-refractivity contribution < 1.29 is 33.1 Å². The lowest BCUT2D eigenvalue weighted by molar-refractivity contribution is 0.0906. The largest absolute Gasteiger partial charge is 0.493 e. The fourth-order valence-electron chi connectivity index (χ4n) is 6.45. The van der Waals surface area contributed by atoms with E-state index in [0.29, 0.717) is 48.2 Å². The molecule has 1 aliphatic carbocycles. The summed E-state index contributed by atoms with van der Waals surface area (Å²) >= 11 is 0. The van der Waals surface area contributed by atoms with Gasteiger partial charge in [0.05, 0.1) is 30.9 Å². The van der Waals surface area contributed by atoms with Crippen LogP contribution in [0.5, 0.6) is 5.75 Å². The van der Waals surface area contributed by atoms with E-state index in [1.807, 2.05) is 31.7 Å². The number of furan rings is 1. The molecule has 0 bridgehead atoms. The van der Waals surface area contributed by atoms with Gasteiger partial charge in [-0.3, -0.25) is 4.79 Å². The molecule has 1 amide bonds. The van der Waals surface area contributed by atoms with Crippen LogP contribution in [0.25, 0.3) is 11.0 Å². The highest BCUT2D eigenvalue weighted by atomic mass is 16.5. The van der Waals surface area contributed by atoms with Crippen molar-refractivity contribution in [3.05, 3.63) is 53.2 Å². The van der Waals surface area contributed by atoms with E-state index in [2.05, 4.69) is 21.3 Å². The van der Waals surface area contributed by atoms with Gasteiger partial charge in [0.15, 0.2) is 17.1 Å². The van der Waals surface area contributed by atoms with Gasteiger partial charge in [-0.1, -0.05) is 58.1 Å². The molecule has 1 aliphatic heterocycles. The quantitative estimate of drug-likeness (QED) is 0.215. The Morgan fingerprint density at radius 1 is 1.02 bits per heavy atom. The molecule has 46 heavy (non-hydrogen) atoms. The number of rotatable bonds is 15. The standard InChI is InChI=1S/C35H42N4O7/c1-22(2)33(39-35(44)32-18-25-10-7-11-31(45-3)34(25)46-32)30(21-43)38-27(16-23-8-5-4-6-9-23)29(20-42)37-26(13-15-40)17-24-12-14-36-28(24)19-41/h7,10-11,13,18,22-24,26-27,33,36-38H,4-6,8-9,12,14,16-17H2,1-3H3,(H,39,44)/t24-,26?,27?,33?/m0/s1. The highest BCUT2D eigenvalue weighted by Gasteiger charge is 2.31. The van der Waals surface area contributed by atoms with Gasteiger partial charge in [0.1, 0.15) is 35.2 Å². The fraction of sp³-hybridized carbons (Fsp3) is 0.514. The van der Waals surface area contributed by atoms with Gasteiger partial charge in [-0.25, -0.2) is 19.2 Å². The zero-order chi connectivity index (χ0) is 33.1. The van der Waals surface area contributed by atoms with Crippen LogP contribution in [0.1, 0.15) is 75.8 Å². The number of fused-ring (bicyclic) bond motifs is 1. The van der Waals surface area contributed by atoms with Crippen molar-refractivity contribution in [3.63, 3.8) is 0 Å². The van der Waals surface area contributed by atoms with Crippen molar-refractivity contribution in [2.24, 2.45) is 17.8 Å². The summed E-state index contributed by atoms with van der Waals surface area (Å²) in [6, 6.07) is 4.85. The number of ether oxygens (including phenoxy) is 1. The Labute approximate surface area is 268 Å². The number of allylic oxidation sites excluding steroid dienone is 1. The molecule has 0 radical (unpaired) electrons. The number of hydrogen-bond donors (Lipinski definition) is 4. The summed E-state index contributed by atoms with van der Waals surface area (Å²) in [6.07, 6.45) is 8.08. The van der Waals surface area contributed by atoms with E-state index in [9.17, 15) is 24.0 Å². The third-order valence-electron chi connectivity index (χ3n) is 8.88. The van der Waals surface area contributed by atoms with E-state index in [4.69, 9.17) is 9.15 Å². The molecule has 1 aromatic carbocycles. The summed E-state index contributed by atoms with van der Waals surface area (Å²) in [4.78, 5) is 61.2. The predicted octanol–water partition coefficient (Wildman–Crippen LogP) is 3.62. The minimum absolute atomic E-state index is 0.0536. The van der Waals surface area contributed by atoms with Gasteiger partial charge in [-0.05, 0) is 43.2 Å². The lowest BCUT2D eigenvalue weighted by Crippen LogP contribution is -2.49. The molecule has 2 aromatic rings. The van der Waals surface area contributed by atoms with Crippen molar-refractivity contribution in [2.45, 2.75) is 83.3 Å². The van der Waals surface area contributed by atoms with Gasteiger partial charge >= 0.3 is 0 Å². The zero-order valence-corrected chi connectivity index (χ0v) is 26.6. The second-order valence-corrected chi connectivity index (χ2v) is 12.4. The van der Waals surface area contributed by atoms with E-state index in [1.165, 1.54) is 13.2 Å². The van der Waals surface area contributed by atoms with E-state index >= 15 is 0 Å². The maximum absolute atomic E-state index is 13.4. The molecule has 11 nitrogen and oxygen atoms in total. The summed E-state index contributed by atoms with van der Waals surface area (Å²) in [5, 5.41) is 13.0. The number of carbonyl (C=O) groups excluding carboxylic acids is 5. The van der Waals surface area contributed by atoms with Crippen LogP contribution >= 0.6 is 0 Å². The van der Waals surface area contributed by atoms with Crippen LogP contribution in [0.15, 0.2) is 51.8 Å². The van der Waals surface area contributed by atoms with Gasteiger partial charge < -0.3 is 30.4 Å². The van der Waals surface area contributed by atoms with Gasteiger partial charge in [0, 0.05) is 23.9 Å². The van der Waals surface area contributed by atoms with Crippen LogP contribution in [0, 0.1) is 17.8 Å². The molecular weight excluding hydrogens is 588 g/mol. The lowest BCUT2D eigenvalue weighted by Gasteiger charge is -2.32. The first kappa shape index (κ1) is 34.1. The molecule has 1 aromatic heterocycles. The SMILES string of the molecule is COc1cccc2cc(C(=O)NC(C(=C=O)NC(CC3CCCCC3)C(=C=O)NC(C=C=O)C[C@@H]3CCNC3=C=O)C(C)C)oc12. The first-order valence-corrected chi connectivity index (χ1v) is 15.9.